The summed E-state index contributed by atoms with van der Waals surface area (Å²) in [5.74, 6) is -0.364. The van der Waals surface area contributed by atoms with E-state index in [0.29, 0.717) is 0 Å². The minimum atomic E-state index is -0.969. The average Bonchev–Trinajstić information content (AvgIpc) is 2.29. The van der Waals surface area contributed by atoms with E-state index in [9.17, 15) is 4.79 Å². The lowest BCUT2D eigenvalue weighted by Gasteiger charge is -2.24. The molecule has 1 aromatic rings. The molecule has 1 atom stereocenters. The fraction of sp³-hybridized carbons (Fsp3) is 0.385. The second-order valence-electron chi connectivity index (χ2n) is 4.64. The fourth-order valence-corrected chi connectivity index (χ4v) is 1.32. The number of carbonyl (C=O) groups excluding carboxylic acids is 1. The van der Waals surface area contributed by atoms with Crippen molar-refractivity contribution in [1.29, 1.82) is 5.41 Å². The molecule has 0 fully saturated rings. The maximum atomic E-state index is 12.0. The summed E-state index contributed by atoms with van der Waals surface area (Å²) in [5.41, 5.74) is 5.47. The minimum absolute atomic E-state index is 0.0951. The van der Waals surface area contributed by atoms with Crippen LogP contribution in [0.5, 0.6) is 0 Å². The maximum absolute atomic E-state index is 12.0. The molecule has 0 spiro atoms. The number of nitrogens with two attached hydrogens (primary N) is 1. The molecule has 4 N–H and O–H groups in total. The van der Waals surface area contributed by atoms with E-state index in [-0.39, 0.29) is 17.8 Å². The van der Waals surface area contributed by atoms with Gasteiger partial charge >= 0.3 is 0 Å². The molecule has 0 aliphatic heterocycles. The summed E-state index contributed by atoms with van der Waals surface area (Å²) in [6.07, 6.45) is 0. The van der Waals surface area contributed by atoms with Crippen LogP contribution in [0.25, 0.3) is 0 Å². The van der Waals surface area contributed by atoms with Gasteiger partial charge in [-0.25, -0.2) is 0 Å². The molecule has 0 radical (unpaired) electrons. The Morgan fingerprint density at radius 1 is 1.35 bits per heavy atom. The Balaban J connectivity index is 2.74. The van der Waals surface area contributed by atoms with Crippen molar-refractivity contribution in [1.82, 2.24) is 5.32 Å². The summed E-state index contributed by atoms with van der Waals surface area (Å²) < 4.78 is 0. The molecule has 92 valence electrons. The van der Waals surface area contributed by atoms with Gasteiger partial charge in [-0.3, -0.25) is 10.2 Å². The lowest BCUT2D eigenvalue weighted by atomic mass is 9.90. The highest BCUT2D eigenvalue weighted by Gasteiger charge is 2.31. The molecular formula is C13H19N3O. The zero-order chi connectivity index (χ0) is 13.1. The van der Waals surface area contributed by atoms with E-state index in [1.54, 1.807) is 13.8 Å². The molecule has 0 saturated heterocycles. The quantitative estimate of drug-likeness (QED) is 0.548. The van der Waals surface area contributed by atoms with E-state index >= 15 is 0 Å². The number of benzene rings is 1. The van der Waals surface area contributed by atoms with Crippen molar-refractivity contribution >= 4 is 11.7 Å². The second-order valence-corrected chi connectivity index (χ2v) is 4.64. The Hall–Kier alpha value is -1.84. The van der Waals surface area contributed by atoms with E-state index in [1.165, 1.54) is 0 Å². The smallest absolute Gasteiger partial charge is 0.233 e. The monoisotopic (exact) mass is 233 g/mol. The summed E-state index contributed by atoms with van der Waals surface area (Å²) in [4.78, 5) is 12.0. The molecule has 1 rings (SSSR count). The Bertz CT molecular complexity index is 412. The molecule has 0 aromatic heterocycles. The Kier molecular flexibility index (Phi) is 3.89. The number of nitrogens with one attached hydrogen (secondary N) is 2. The fourth-order valence-electron chi connectivity index (χ4n) is 1.32. The zero-order valence-electron chi connectivity index (χ0n) is 10.4. The first-order valence-electron chi connectivity index (χ1n) is 5.56. The predicted molar refractivity (Wildman–Crippen MR) is 68.7 cm³/mol. The number of amidine groups is 1. The summed E-state index contributed by atoms with van der Waals surface area (Å²) in [6, 6.07) is 9.58. The minimum Gasteiger partial charge on any atom is -0.387 e. The van der Waals surface area contributed by atoms with Crippen LogP contribution in [0, 0.1) is 10.8 Å². The van der Waals surface area contributed by atoms with Gasteiger partial charge in [0, 0.05) is 0 Å². The Morgan fingerprint density at radius 2 is 1.88 bits per heavy atom. The highest BCUT2D eigenvalue weighted by atomic mass is 16.2. The molecule has 0 heterocycles. The Morgan fingerprint density at radius 3 is 2.35 bits per heavy atom. The van der Waals surface area contributed by atoms with E-state index < -0.39 is 5.41 Å². The van der Waals surface area contributed by atoms with Gasteiger partial charge in [0.15, 0.2) is 0 Å². The first-order valence-corrected chi connectivity index (χ1v) is 5.56. The molecule has 1 aromatic carbocycles. The molecule has 17 heavy (non-hydrogen) atoms. The van der Waals surface area contributed by atoms with Crippen LogP contribution >= 0.6 is 0 Å². The van der Waals surface area contributed by atoms with E-state index in [2.05, 4.69) is 5.32 Å². The van der Waals surface area contributed by atoms with Crippen molar-refractivity contribution in [3.8, 4) is 0 Å². The highest BCUT2D eigenvalue weighted by Crippen LogP contribution is 2.18. The van der Waals surface area contributed by atoms with Gasteiger partial charge in [-0.1, -0.05) is 30.3 Å². The van der Waals surface area contributed by atoms with Crippen molar-refractivity contribution < 1.29 is 4.79 Å². The second kappa shape index (κ2) is 4.99. The predicted octanol–water partition coefficient (Wildman–Crippen LogP) is 1.83. The first kappa shape index (κ1) is 13.2. The van der Waals surface area contributed by atoms with Gasteiger partial charge in [0.25, 0.3) is 0 Å². The summed E-state index contributed by atoms with van der Waals surface area (Å²) in [6.45, 7) is 5.19. The van der Waals surface area contributed by atoms with Crippen molar-refractivity contribution in [2.24, 2.45) is 11.1 Å². The number of carbonyl (C=O) groups is 1. The summed E-state index contributed by atoms with van der Waals surface area (Å²) in [5, 5.41) is 10.3. The molecule has 0 aliphatic carbocycles. The number of hydrogen-bond acceptors (Lipinski definition) is 2. The lowest BCUT2D eigenvalue weighted by Crippen LogP contribution is -2.46. The van der Waals surface area contributed by atoms with Crippen molar-refractivity contribution in [2.75, 3.05) is 0 Å². The molecule has 0 aliphatic rings. The zero-order valence-corrected chi connectivity index (χ0v) is 10.4. The van der Waals surface area contributed by atoms with Gasteiger partial charge in [-0.2, -0.15) is 0 Å². The van der Waals surface area contributed by atoms with Crippen LogP contribution in [-0.2, 0) is 4.79 Å². The molecule has 4 nitrogen and oxygen atoms in total. The van der Waals surface area contributed by atoms with E-state index in [0.717, 1.165) is 5.56 Å². The third kappa shape index (κ3) is 3.06. The lowest BCUT2D eigenvalue weighted by molar-refractivity contribution is -0.127. The molecule has 0 saturated carbocycles. The number of amides is 1. The van der Waals surface area contributed by atoms with Gasteiger partial charge in [-0.15, -0.1) is 0 Å². The third-order valence-electron chi connectivity index (χ3n) is 2.89. The van der Waals surface area contributed by atoms with Gasteiger partial charge < -0.3 is 11.1 Å². The topological polar surface area (TPSA) is 79.0 Å². The van der Waals surface area contributed by atoms with Gasteiger partial charge in [0.2, 0.25) is 5.91 Å². The van der Waals surface area contributed by atoms with Crippen LogP contribution < -0.4 is 11.1 Å². The van der Waals surface area contributed by atoms with Crippen molar-refractivity contribution in [3.63, 3.8) is 0 Å². The summed E-state index contributed by atoms with van der Waals surface area (Å²) >= 11 is 0. The Labute approximate surface area is 102 Å². The van der Waals surface area contributed by atoms with Crippen molar-refractivity contribution in [3.05, 3.63) is 35.9 Å². The van der Waals surface area contributed by atoms with Gasteiger partial charge in [-0.05, 0) is 26.3 Å². The SMILES string of the molecule is C[C@@H](NC(=O)C(C)(C)C(=N)N)c1ccccc1. The first-order chi connectivity index (χ1) is 7.85. The van der Waals surface area contributed by atoms with E-state index in [1.807, 2.05) is 37.3 Å². The number of rotatable bonds is 4. The van der Waals surface area contributed by atoms with Crippen LogP contribution in [0.4, 0.5) is 0 Å². The largest absolute Gasteiger partial charge is 0.387 e. The maximum Gasteiger partial charge on any atom is 0.233 e. The van der Waals surface area contributed by atoms with Crippen LogP contribution in [-0.4, -0.2) is 11.7 Å². The van der Waals surface area contributed by atoms with Crippen LogP contribution in [0.3, 0.4) is 0 Å². The summed E-state index contributed by atoms with van der Waals surface area (Å²) in [7, 11) is 0. The molecule has 0 bridgehead atoms. The van der Waals surface area contributed by atoms with E-state index in [4.69, 9.17) is 11.1 Å². The molecule has 1 amide bonds. The van der Waals surface area contributed by atoms with Gasteiger partial charge in [0.05, 0.1) is 6.04 Å². The van der Waals surface area contributed by atoms with Gasteiger partial charge in [0.1, 0.15) is 11.3 Å². The number of hydrogen-bond donors (Lipinski definition) is 3. The molecule has 4 heteroatoms. The molecule has 0 unspecified atom stereocenters. The van der Waals surface area contributed by atoms with Crippen LogP contribution in [0.1, 0.15) is 32.4 Å². The third-order valence-corrected chi connectivity index (χ3v) is 2.89. The average molecular weight is 233 g/mol. The van der Waals surface area contributed by atoms with Crippen LogP contribution in [0.15, 0.2) is 30.3 Å². The standard InChI is InChI=1S/C13H19N3O/c1-9(10-7-5-4-6-8-10)16-12(17)13(2,3)11(14)15/h4-9H,1-3H3,(H3,14,15)(H,16,17)/t9-/m1/s1. The van der Waals surface area contributed by atoms with Crippen molar-refractivity contribution in [2.45, 2.75) is 26.8 Å². The normalized spacial score (nSPS) is 12.9. The highest BCUT2D eigenvalue weighted by molar-refractivity contribution is 6.04. The van der Waals surface area contributed by atoms with Crippen LogP contribution in [0.2, 0.25) is 0 Å². The molecular weight excluding hydrogens is 214 g/mol.